The molecule has 1 fully saturated rings. The van der Waals surface area contributed by atoms with Gasteiger partial charge in [-0.3, -0.25) is 14.4 Å². The van der Waals surface area contributed by atoms with Crippen LogP contribution in [-0.2, 0) is 20.9 Å². The van der Waals surface area contributed by atoms with Crippen LogP contribution in [0.15, 0.2) is 91.5 Å². The molecule has 0 unspecified atom stereocenters. The number of carboxylic acids is 1. The second-order valence-electron chi connectivity index (χ2n) is 12.0. The number of hydrogen-bond acceptors (Lipinski definition) is 8. The number of amides is 3. The summed E-state index contributed by atoms with van der Waals surface area (Å²) in [5.74, 6) is -1.96. The number of ether oxygens (including phenoxy) is 1. The monoisotopic (exact) mass is 659 g/mol. The van der Waals surface area contributed by atoms with Gasteiger partial charge in [-0.05, 0) is 47.2 Å². The first kappa shape index (κ1) is 31.5. The lowest BCUT2D eigenvalue weighted by Gasteiger charge is -2.30. The molecule has 0 spiro atoms. The summed E-state index contributed by atoms with van der Waals surface area (Å²) in [4.78, 5) is 67.2. The third-order valence-corrected chi connectivity index (χ3v) is 9.03. The van der Waals surface area contributed by atoms with Crippen molar-refractivity contribution in [3.05, 3.63) is 108 Å². The number of likely N-dealkylation sites (tertiary alicyclic amines) is 1. The summed E-state index contributed by atoms with van der Waals surface area (Å²) in [6, 6.07) is 24.4. The number of carbonyl (C=O) groups is 4. The van der Waals surface area contributed by atoms with E-state index in [4.69, 9.17) is 4.74 Å². The number of benzene rings is 3. The van der Waals surface area contributed by atoms with E-state index in [0.29, 0.717) is 30.6 Å². The highest BCUT2D eigenvalue weighted by molar-refractivity contribution is 6.06. The van der Waals surface area contributed by atoms with Crippen LogP contribution >= 0.6 is 0 Å². The van der Waals surface area contributed by atoms with Gasteiger partial charge in [-0.25, -0.2) is 19.7 Å². The number of nitrogens with one attached hydrogen (secondary N) is 1. The van der Waals surface area contributed by atoms with E-state index in [1.165, 1.54) is 22.1 Å². The fourth-order valence-corrected chi connectivity index (χ4v) is 6.72. The van der Waals surface area contributed by atoms with E-state index in [9.17, 15) is 24.3 Å². The highest BCUT2D eigenvalue weighted by Gasteiger charge is 2.35. The molecule has 2 aliphatic rings. The molecule has 1 atom stereocenters. The second kappa shape index (κ2) is 13.6. The number of aromatic nitrogens is 4. The Labute approximate surface area is 281 Å². The summed E-state index contributed by atoms with van der Waals surface area (Å²) in [6.45, 7) is -0.179. The van der Waals surface area contributed by atoms with E-state index in [2.05, 4.69) is 44.5 Å². The molecule has 3 heterocycles. The average molecular weight is 660 g/mol. The average Bonchev–Trinajstić information content (AvgIpc) is 3.84. The molecule has 2 N–H and O–H groups in total. The van der Waals surface area contributed by atoms with Gasteiger partial charge < -0.3 is 29.5 Å². The number of carbonyl (C=O) groups excluding carboxylic acids is 3. The number of fused-ring (bicyclic) bond motifs is 4. The molecule has 7 rings (SSSR count). The van der Waals surface area contributed by atoms with E-state index in [1.807, 2.05) is 24.3 Å². The molecule has 0 saturated carbocycles. The summed E-state index contributed by atoms with van der Waals surface area (Å²) >= 11 is 0. The molecule has 248 valence electrons. The first-order valence-electron chi connectivity index (χ1n) is 16.0. The van der Waals surface area contributed by atoms with Gasteiger partial charge in [0.1, 0.15) is 26.0 Å². The SMILES string of the molecule is O=C(O)CN(C[C@H]1CCCN1C(=O)OCC1c2ccccc2-c2ccccc21)C(=O)Cn1cnc2c(NC(=O)c3ccccc3)ncnc21. The van der Waals surface area contributed by atoms with Gasteiger partial charge in [0.25, 0.3) is 5.91 Å². The van der Waals surface area contributed by atoms with Crippen molar-refractivity contribution < 1.29 is 29.0 Å². The van der Waals surface area contributed by atoms with Crippen molar-refractivity contribution in [1.29, 1.82) is 0 Å². The normalized spacial score (nSPS) is 15.1. The van der Waals surface area contributed by atoms with Crippen molar-refractivity contribution in [2.75, 3.05) is 31.6 Å². The van der Waals surface area contributed by atoms with Crippen LogP contribution in [0.3, 0.4) is 0 Å². The minimum absolute atomic E-state index is 0.0231. The zero-order valence-electron chi connectivity index (χ0n) is 26.4. The van der Waals surface area contributed by atoms with Crippen molar-refractivity contribution in [3.8, 4) is 11.1 Å². The Kier molecular flexibility index (Phi) is 8.71. The van der Waals surface area contributed by atoms with Crippen molar-refractivity contribution in [2.24, 2.45) is 0 Å². The fraction of sp³-hybridized carbons (Fsp3) is 0.250. The number of rotatable bonds is 10. The fourth-order valence-electron chi connectivity index (χ4n) is 6.72. The Morgan fingerprint density at radius 3 is 2.31 bits per heavy atom. The number of hydrogen-bond donors (Lipinski definition) is 2. The maximum Gasteiger partial charge on any atom is 0.410 e. The van der Waals surface area contributed by atoms with E-state index in [1.54, 1.807) is 35.2 Å². The molecule has 2 aromatic heterocycles. The first-order valence-corrected chi connectivity index (χ1v) is 16.0. The number of imidazole rings is 1. The molecule has 49 heavy (non-hydrogen) atoms. The molecule has 3 amide bonds. The summed E-state index contributed by atoms with van der Waals surface area (Å²) in [5.41, 5.74) is 5.49. The van der Waals surface area contributed by atoms with Crippen molar-refractivity contribution in [3.63, 3.8) is 0 Å². The quantitative estimate of drug-likeness (QED) is 0.221. The minimum Gasteiger partial charge on any atom is -0.480 e. The van der Waals surface area contributed by atoms with Crippen LogP contribution < -0.4 is 5.32 Å². The van der Waals surface area contributed by atoms with Crippen LogP contribution in [-0.4, -0.2) is 90.6 Å². The highest BCUT2D eigenvalue weighted by atomic mass is 16.6. The van der Waals surface area contributed by atoms with Crippen LogP contribution in [0.5, 0.6) is 0 Å². The van der Waals surface area contributed by atoms with Crippen LogP contribution in [0, 0.1) is 0 Å². The molecule has 13 nitrogen and oxygen atoms in total. The Morgan fingerprint density at radius 2 is 1.59 bits per heavy atom. The van der Waals surface area contributed by atoms with Crippen molar-refractivity contribution in [1.82, 2.24) is 29.3 Å². The van der Waals surface area contributed by atoms with Gasteiger partial charge in [0.05, 0.1) is 12.4 Å². The molecular formula is C36H33N7O6. The third-order valence-electron chi connectivity index (χ3n) is 9.03. The predicted octanol–water partition coefficient (Wildman–Crippen LogP) is 4.41. The highest BCUT2D eigenvalue weighted by Crippen LogP contribution is 2.44. The Bertz CT molecular complexity index is 2000. The molecule has 13 heteroatoms. The zero-order valence-corrected chi connectivity index (χ0v) is 26.4. The predicted molar refractivity (Wildman–Crippen MR) is 179 cm³/mol. The second-order valence-corrected chi connectivity index (χ2v) is 12.0. The Balaban J connectivity index is 1.02. The lowest BCUT2D eigenvalue weighted by atomic mass is 9.98. The topological polar surface area (TPSA) is 160 Å². The maximum atomic E-state index is 13.6. The summed E-state index contributed by atoms with van der Waals surface area (Å²) in [6.07, 6.45) is 3.46. The minimum atomic E-state index is -1.18. The molecule has 0 bridgehead atoms. The Morgan fingerprint density at radius 1 is 0.898 bits per heavy atom. The molecule has 1 aliphatic heterocycles. The zero-order chi connectivity index (χ0) is 33.9. The van der Waals surface area contributed by atoms with E-state index in [0.717, 1.165) is 22.3 Å². The summed E-state index contributed by atoms with van der Waals surface area (Å²) in [5, 5.41) is 12.4. The number of anilines is 1. The number of nitrogens with zero attached hydrogens (tertiary/aromatic N) is 6. The van der Waals surface area contributed by atoms with Crippen LogP contribution in [0.25, 0.3) is 22.3 Å². The lowest BCUT2D eigenvalue weighted by Crippen LogP contribution is -2.48. The third kappa shape index (κ3) is 6.42. The smallest absolute Gasteiger partial charge is 0.410 e. The van der Waals surface area contributed by atoms with Gasteiger partial charge in [-0.2, -0.15) is 0 Å². The Hall–Kier alpha value is -6.11. The standard InChI is InChI=1S/C36H33N7O6/c44-30(18-42-22-39-32-33(37-21-38-34(32)42)40-35(47)23-9-2-1-3-10-23)41(19-31(45)46)17-24-11-8-16-43(24)36(48)49-20-29-27-14-6-4-12-25(27)26-13-5-7-15-28(26)29/h1-7,9-10,12-15,21-22,24,29H,8,11,16-20H2,(H,45,46)(H,37,38,40,47)/t24-/m1/s1. The van der Waals surface area contributed by atoms with Gasteiger partial charge in [-0.1, -0.05) is 66.7 Å². The number of carboxylic acid groups (broad SMARTS) is 1. The molecule has 1 aliphatic carbocycles. The van der Waals surface area contributed by atoms with Crippen LogP contribution in [0.1, 0.15) is 40.2 Å². The van der Waals surface area contributed by atoms with Crippen molar-refractivity contribution in [2.45, 2.75) is 31.3 Å². The van der Waals surface area contributed by atoms with E-state index in [-0.39, 0.29) is 42.9 Å². The maximum absolute atomic E-state index is 13.6. The van der Waals surface area contributed by atoms with Gasteiger partial charge in [0.15, 0.2) is 17.0 Å². The largest absolute Gasteiger partial charge is 0.480 e. The first-order chi connectivity index (χ1) is 23.9. The molecule has 0 radical (unpaired) electrons. The van der Waals surface area contributed by atoms with Crippen molar-refractivity contribution >= 4 is 40.9 Å². The number of aliphatic carboxylic acids is 1. The molecule has 1 saturated heterocycles. The van der Waals surface area contributed by atoms with E-state index >= 15 is 0 Å². The summed E-state index contributed by atoms with van der Waals surface area (Å²) < 4.78 is 7.36. The molecular weight excluding hydrogens is 626 g/mol. The lowest BCUT2D eigenvalue weighted by molar-refractivity contribution is -0.145. The molecule has 5 aromatic rings. The summed E-state index contributed by atoms with van der Waals surface area (Å²) in [7, 11) is 0. The van der Waals surface area contributed by atoms with Gasteiger partial charge in [0, 0.05) is 24.6 Å². The van der Waals surface area contributed by atoms with Gasteiger partial charge in [0.2, 0.25) is 5.91 Å². The van der Waals surface area contributed by atoms with Gasteiger partial charge in [-0.15, -0.1) is 0 Å². The molecule has 3 aromatic carbocycles. The van der Waals surface area contributed by atoms with E-state index < -0.39 is 30.6 Å². The van der Waals surface area contributed by atoms with Crippen LogP contribution in [0.2, 0.25) is 0 Å². The van der Waals surface area contributed by atoms with Crippen LogP contribution in [0.4, 0.5) is 10.6 Å². The van der Waals surface area contributed by atoms with Gasteiger partial charge >= 0.3 is 12.1 Å².